The smallest absolute Gasteiger partial charge is 0.159 e. The van der Waals surface area contributed by atoms with Crippen LogP contribution in [0.3, 0.4) is 0 Å². The highest BCUT2D eigenvalue weighted by Gasteiger charge is 2.45. The zero-order valence-electron chi connectivity index (χ0n) is 46.7. The number of benzene rings is 8. The maximum atomic E-state index is 8.52. The Hall–Kier alpha value is -6.45. The Morgan fingerprint density at radius 2 is 0.769 bits per heavy atom. The molecular formula is C65H71N8O4S-. The van der Waals surface area contributed by atoms with Gasteiger partial charge < -0.3 is 33.6 Å². The molecule has 78 heavy (non-hydrogen) atoms. The van der Waals surface area contributed by atoms with Crippen LogP contribution < -0.4 is 29.0 Å². The fourth-order valence-electron chi connectivity index (χ4n) is 15.6. The number of hydrogen-bond acceptors (Lipinski definition) is 11. The maximum absolute atomic E-state index is 8.52. The van der Waals surface area contributed by atoms with E-state index < -0.39 is 10.4 Å². The molecule has 8 heterocycles. The highest BCUT2D eigenvalue weighted by molar-refractivity contribution is 7.79. The molecule has 7 atom stereocenters. The molecule has 2 saturated heterocycles. The second-order valence-corrected chi connectivity index (χ2v) is 25.6. The van der Waals surface area contributed by atoms with Crippen LogP contribution in [0.1, 0.15) is 83.3 Å². The van der Waals surface area contributed by atoms with Crippen LogP contribution in [-0.2, 0) is 49.7 Å². The van der Waals surface area contributed by atoms with E-state index in [-0.39, 0.29) is 0 Å². The summed E-state index contributed by atoms with van der Waals surface area (Å²) >= 11 is 0. The SMILES string of the molecule is Cc1ccc2c3c(ccc2c1C)CN1CN3Cc2ccc3c4c(ccc3c21)CN1CN4CC(C)C1C.Cc1ccc2c3c(ccc2c1C)C[N+]1(C)CN3Cc2ccc3c4c(ccc3c21)CN1CN4CC(C)C1C.O=S(=O)([O-])[O-]. The molecule has 8 bridgehead atoms. The van der Waals surface area contributed by atoms with Gasteiger partial charge in [0.15, 0.2) is 6.67 Å². The lowest BCUT2D eigenvalue weighted by Gasteiger charge is -2.51. The number of fused-ring (bicyclic) bond motifs is 30. The Morgan fingerprint density at radius 3 is 1.26 bits per heavy atom. The Balaban J connectivity index is 0.000000131. The third-order valence-electron chi connectivity index (χ3n) is 20.0. The van der Waals surface area contributed by atoms with Gasteiger partial charge in [-0.1, -0.05) is 105 Å². The molecule has 0 amide bonds. The molecule has 8 aromatic carbocycles. The van der Waals surface area contributed by atoms with E-state index in [1.165, 1.54) is 127 Å². The van der Waals surface area contributed by atoms with Crippen molar-refractivity contribution in [1.29, 1.82) is 0 Å². The van der Waals surface area contributed by atoms with E-state index in [1.54, 1.807) is 5.69 Å². The van der Waals surface area contributed by atoms with Crippen LogP contribution in [0.5, 0.6) is 0 Å². The first-order chi connectivity index (χ1) is 37.3. The molecule has 12 nitrogen and oxygen atoms in total. The topological polar surface area (TPSA) is 103 Å². The molecule has 2 fully saturated rings. The molecule has 402 valence electrons. The summed E-state index contributed by atoms with van der Waals surface area (Å²) in [5, 5.41) is 11.4. The van der Waals surface area contributed by atoms with E-state index in [4.69, 9.17) is 17.5 Å². The molecule has 0 aliphatic carbocycles. The van der Waals surface area contributed by atoms with Crippen LogP contribution >= 0.6 is 0 Å². The monoisotopic (exact) mass is 1060 g/mol. The van der Waals surface area contributed by atoms with Gasteiger partial charge in [0, 0.05) is 105 Å². The van der Waals surface area contributed by atoms with Crippen LogP contribution in [0, 0.1) is 39.5 Å². The predicted octanol–water partition coefficient (Wildman–Crippen LogP) is 11.8. The summed E-state index contributed by atoms with van der Waals surface area (Å²) in [7, 11) is -2.70. The summed E-state index contributed by atoms with van der Waals surface area (Å²) in [5.74, 6) is 1.38. The van der Waals surface area contributed by atoms with Gasteiger partial charge in [-0.15, -0.1) is 0 Å². The molecule has 8 aromatic rings. The van der Waals surface area contributed by atoms with Crippen molar-refractivity contribution in [2.75, 3.05) is 71.3 Å². The molecule has 0 aromatic heterocycles. The number of hydrogen-bond donors (Lipinski definition) is 0. The second kappa shape index (κ2) is 17.8. The Morgan fingerprint density at radius 1 is 0.423 bits per heavy atom. The van der Waals surface area contributed by atoms with Gasteiger partial charge in [-0.3, -0.25) is 22.7 Å². The lowest BCUT2D eigenvalue weighted by Crippen LogP contribution is -2.58. The third-order valence-corrected chi connectivity index (χ3v) is 20.0. The van der Waals surface area contributed by atoms with Gasteiger partial charge in [-0.2, -0.15) is 0 Å². The Labute approximate surface area is 459 Å². The molecule has 0 spiro atoms. The lowest BCUT2D eigenvalue weighted by molar-refractivity contribution is 0.112. The van der Waals surface area contributed by atoms with Crippen LogP contribution in [0.25, 0.3) is 43.1 Å². The van der Waals surface area contributed by atoms with E-state index in [0.29, 0.717) is 23.9 Å². The highest BCUT2D eigenvalue weighted by atomic mass is 32.3. The van der Waals surface area contributed by atoms with Crippen LogP contribution in [0.15, 0.2) is 97.1 Å². The molecule has 0 N–H and O–H groups in total. The Kier molecular flexibility index (Phi) is 11.4. The number of rotatable bonds is 0. The molecule has 8 aliphatic rings. The summed E-state index contributed by atoms with van der Waals surface area (Å²) in [6.45, 7) is 31.2. The minimum absolute atomic E-state index is 0.649. The standard InChI is InChI=1S/C33H37N4.C32H34N4.H2O4S/c1-20-6-10-28-27(22(20)3)11-9-26-17-37(5)19-36(32(26)28)16-25-8-12-29-30(33(25)37)13-7-24-15-34-18-35(31(24)29)14-21(2)23(34)4;1-19-5-9-27-26(21(19)3)10-6-24-15-36-18-35(30(24)27)16-25-8-12-28-29(32(25)36)11-7-23-14-33-17-34(31(23)28)13-20(2)22(33)4;1-5(2,3)4/h6-13,21,23H,14-19H2,1-5H3;5-12,20,22H,13-18H2,1-4H3;(H2,1,2,3,4)/q+1;;/p-2. The van der Waals surface area contributed by atoms with Gasteiger partial charge in [0.2, 0.25) is 0 Å². The van der Waals surface area contributed by atoms with E-state index >= 15 is 0 Å². The number of nitrogens with zero attached hydrogens (tertiary/aromatic N) is 8. The van der Waals surface area contributed by atoms with Gasteiger partial charge in [-0.05, 0) is 115 Å². The van der Waals surface area contributed by atoms with Crippen molar-refractivity contribution in [1.82, 2.24) is 14.3 Å². The van der Waals surface area contributed by atoms with Crippen molar-refractivity contribution in [3.05, 3.63) is 153 Å². The van der Waals surface area contributed by atoms with E-state index in [2.05, 4.69) is 194 Å². The molecule has 0 saturated carbocycles. The quantitative estimate of drug-likeness (QED) is 0.0824. The molecule has 16 rings (SSSR count). The first-order valence-corrected chi connectivity index (χ1v) is 29.6. The largest absolute Gasteiger partial charge is 0.759 e. The van der Waals surface area contributed by atoms with Crippen LogP contribution in [0.2, 0.25) is 0 Å². The van der Waals surface area contributed by atoms with Crippen LogP contribution in [-0.4, -0.2) is 86.2 Å². The maximum Gasteiger partial charge on any atom is 0.159 e. The molecule has 0 radical (unpaired) electrons. The minimum atomic E-state index is -5.17. The van der Waals surface area contributed by atoms with Gasteiger partial charge >= 0.3 is 0 Å². The zero-order valence-corrected chi connectivity index (χ0v) is 47.5. The normalized spacial score (nSPS) is 25.0. The third kappa shape index (κ3) is 7.74. The van der Waals surface area contributed by atoms with E-state index in [9.17, 15) is 0 Å². The summed E-state index contributed by atoms with van der Waals surface area (Å²) in [4.78, 5) is 18.5. The molecule has 8 aliphatic heterocycles. The summed E-state index contributed by atoms with van der Waals surface area (Å²) in [6, 6.07) is 39.6. The average Bonchev–Trinajstić information content (AvgIpc) is 3.54. The van der Waals surface area contributed by atoms with Crippen molar-refractivity contribution >= 4 is 87.6 Å². The molecule has 13 heteroatoms. The summed E-state index contributed by atoms with van der Waals surface area (Å²) in [5.41, 5.74) is 23.3. The highest BCUT2D eigenvalue weighted by Crippen LogP contribution is 2.52. The number of aryl methyl sites for hydroxylation is 4. The minimum Gasteiger partial charge on any atom is -0.759 e. The first-order valence-electron chi connectivity index (χ1n) is 28.2. The first kappa shape index (κ1) is 49.8. The predicted molar refractivity (Wildman–Crippen MR) is 318 cm³/mol. The fourth-order valence-corrected chi connectivity index (χ4v) is 15.6. The lowest BCUT2D eigenvalue weighted by atomic mass is 9.89. The molecule has 7 unspecified atom stereocenters. The van der Waals surface area contributed by atoms with Crippen molar-refractivity contribution in [2.45, 2.75) is 107 Å². The van der Waals surface area contributed by atoms with Gasteiger partial charge in [0.05, 0.1) is 62.0 Å². The summed E-state index contributed by atoms with van der Waals surface area (Å²) < 4.78 is 35.0. The fraction of sp³-hybridized carbons (Fsp3) is 0.385. The van der Waals surface area contributed by atoms with Gasteiger partial charge in [0.1, 0.15) is 12.2 Å². The van der Waals surface area contributed by atoms with E-state index in [1.807, 2.05) is 0 Å². The molecular weight excluding hydrogens is 989 g/mol. The van der Waals surface area contributed by atoms with Crippen molar-refractivity contribution in [2.24, 2.45) is 11.8 Å². The van der Waals surface area contributed by atoms with Crippen molar-refractivity contribution < 1.29 is 17.5 Å². The Bertz CT molecular complexity index is 3990. The number of anilines is 5. The average molecular weight is 1060 g/mol. The van der Waals surface area contributed by atoms with Gasteiger partial charge in [0.25, 0.3) is 0 Å². The number of quaternary nitrogens is 1. The van der Waals surface area contributed by atoms with Gasteiger partial charge in [-0.25, -0.2) is 0 Å². The van der Waals surface area contributed by atoms with E-state index in [0.717, 1.165) is 83.5 Å². The summed E-state index contributed by atoms with van der Waals surface area (Å²) in [6.07, 6.45) is 0. The zero-order chi connectivity index (χ0) is 54.0. The van der Waals surface area contributed by atoms with Crippen molar-refractivity contribution in [3.8, 4) is 0 Å². The second-order valence-electron chi connectivity index (χ2n) is 24.8. The van der Waals surface area contributed by atoms with Crippen molar-refractivity contribution in [3.63, 3.8) is 0 Å². The van der Waals surface area contributed by atoms with Crippen LogP contribution in [0.4, 0.5) is 34.1 Å².